The first-order valence-electron chi connectivity index (χ1n) is 8.01. The summed E-state index contributed by atoms with van der Waals surface area (Å²) in [6.45, 7) is 7.15. The van der Waals surface area contributed by atoms with Crippen LogP contribution < -0.4 is 20.1 Å². The third-order valence-corrected chi connectivity index (χ3v) is 3.57. The van der Waals surface area contributed by atoms with Gasteiger partial charge in [-0.2, -0.15) is 0 Å². The van der Waals surface area contributed by atoms with E-state index in [1.54, 1.807) is 12.4 Å². The molecule has 0 spiro atoms. The number of anilines is 1. The molecule has 0 amide bonds. The molecule has 0 saturated carbocycles. The molecular formula is C18H23N3O2S. The minimum atomic E-state index is 0.0294. The highest BCUT2D eigenvalue weighted by molar-refractivity contribution is 7.80. The van der Waals surface area contributed by atoms with Gasteiger partial charge in [0.05, 0.1) is 19.3 Å². The van der Waals surface area contributed by atoms with Crippen LogP contribution in [0.1, 0.15) is 32.4 Å². The standard InChI is InChI=1S/C18H23N3O2S/c1-4-22-16-7-6-14(12-17(16)23-5-2)13(3)20-18(24)21-15-8-10-19-11-9-15/h6-13H,4-5H2,1-3H3,(H2,19,20,21,24)/t13-/m0/s1. The predicted octanol–water partition coefficient (Wildman–Crippen LogP) is 3.93. The fraction of sp³-hybridized carbons (Fsp3) is 0.333. The molecule has 0 radical (unpaired) electrons. The summed E-state index contributed by atoms with van der Waals surface area (Å²) in [6.07, 6.45) is 3.43. The van der Waals surface area contributed by atoms with E-state index in [1.807, 2.05) is 51.1 Å². The Morgan fingerprint density at radius 3 is 2.42 bits per heavy atom. The van der Waals surface area contributed by atoms with Crippen molar-refractivity contribution in [3.8, 4) is 11.5 Å². The second-order valence-corrected chi connectivity index (χ2v) is 5.54. The Bertz CT molecular complexity index is 665. The Labute approximate surface area is 148 Å². The summed E-state index contributed by atoms with van der Waals surface area (Å²) in [4.78, 5) is 3.98. The molecule has 6 heteroatoms. The summed E-state index contributed by atoms with van der Waals surface area (Å²) < 4.78 is 11.3. The lowest BCUT2D eigenvalue weighted by atomic mass is 10.1. The van der Waals surface area contributed by atoms with Gasteiger partial charge in [0.2, 0.25) is 0 Å². The molecule has 0 aliphatic carbocycles. The molecule has 5 nitrogen and oxygen atoms in total. The van der Waals surface area contributed by atoms with E-state index in [0.29, 0.717) is 18.3 Å². The molecule has 128 valence electrons. The maximum Gasteiger partial charge on any atom is 0.171 e. The number of hydrogen-bond acceptors (Lipinski definition) is 4. The van der Waals surface area contributed by atoms with Crippen molar-refractivity contribution in [3.05, 3.63) is 48.3 Å². The molecule has 1 atom stereocenters. The molecule has 1 aromatic carbocycles. The summed E-state index contributed by atoms with van der Waals surface area (Å²) in [5.41, 5.74) is 1.97. The van der Waals surface area contributed by atoms with E-state index in [1.165, 1.54) is 0 Å². The van der Waals surface area contributed by atoms with E-state index in [9.17, 15) is 0 Å². The molecule has 2 rings (SSSR count). The van der Waals surface area contributed by atoms with E-state index in [0.717, 1.165) is 22.7 Å². The molecule has 1 aromatic heterocycles. The van der Waals surface area contributed by atoms with Crippen LogP contribution in [0.4, 0.5) is 5.69 Å². The molecule has 0 aliphatic heterocycles. The summed E-state index contributed by atoms with van der Waals surface area (Å²) in [7, 11) is 0. The lowest BCUT2D eigenvalue weighted by Gasteiger charge is -2.19. The van der Waals surface area contributed by atoms with Gasteiger partial charge < -0.3 is 20.1 Å². The van der Waals surface area contributed by atoms with Crippen molar-refractivity contribution >= 4 is 23.0 Å². The quantitative estimate of drug-likeness (QED) is 0.742. The van der Waals surface area contributed by atoms with Crippen LogP contribution >= 0.6 is 12.2 Å². The molecule has 2 N–H and O–H groups in total. The van der Waals surface area contributed by atoms with Crippen LogP contribution in [0.5, 0.6) is 11.5 Å². The van der Waals surface area contributed by atoms with Crippen molar-refractivity contribution in [1.82, 2.24) is 10.3 Å². The van der Waals surface area contributed by atoms with Gasteiger partial charge in [-0.05, 0) is 62.8 Å². The fourth-order valence-corrected chi connectivity index (χ4v) is 2.51. The topological polar surface area (TPSA) is 55.4 Å². The number of benzene rings is 1. The van der Waals surface area contributed by atoms with E-state index < -0.39 is 0 Å². The lowest BCUT2D eigenvalue weighted by molar-refractivity contribution is 0.287. The molecule has 0 aliphatic rings. The number of rotatable bonds is 7. The lowest BCUT2D eigenvalue weighted by Crippen LogP contribution is -2.30. The second-order valence-electron chi connectivity index (χ2n) is 5.13. The Kier molecular flexibility index (Phi) is 6.81. The average Bonchev–Trinajstić information content (AvgIpc) is 2.57. The van der Waals surface area contributed by atoms with Crippen molar-refractivity contribution in [2.75, 3.05) is 18.5 Å². The maximum absolute atomic E-state index is 5.67. The van der Waals surface area contributed by atoms with Gasteiger partial charge in [-0.1, -0.05) is 6.07 Å². The summed E-state index contributed by atoms with van der Waals surface area (Å²) in [6, 6.07) is 9.69. The first kappa shape index (κ1) is 18.0. The van der Waals surface area contributed by atoms with Gasteiger partial charge in [-0.3, -0.25) is 4.98 Å². The van der Waals surface area contributed by atoms with E-state index in [2.05, 4.69) is 15.6 Å². The highest BCUT2D eigenvalue weighted by atomic mass is 32.1. The zero-order chi connectivity index (χ0) is 17.4. The number of ether oxygens (including phenoxy) is 2. The fourth-order valence-electron chi connectivity index (χ4n) is 2.22. The van der Waals surface area contributed by atoms with E-state index in [4.69, 9.17) is 21.7 Å². The van der Waals surface area contributed by atoms with Crippen LogP contribution in [-0.2, 0) is 0 Å². The summed E-state index contributed by atoms with van der Waals surface area (Å²) in [5.74, 6) is 1.51. The van der Waals surface area contributed by atoms with Crippen LogP contribution in [0, 0.1) is 0 Å². The van der Waals surface area contributed by atoms with E-state index >= 15 is 0 Å². The number of hydrogen-bond donors (Lipinski definition) is 2. The first-order chi connectivity index (χ1) is 11.6. The second kappa shape index (κ2) is 9.08. The molecule has 0 fully saturated rings. The largest absolute Gasteiger partial charge is 0.490 e. The zero-order valence-electron chi connectivity index (χ0n) is 14.2. The highest BCUT2D eigenvalue weighted by Gasteiger charge is 2.12. The van der Waals surface area contributed by atoms with Crippen molar-refractivity contribution in [3.63, 3.8) is 0 Å². The van der Waals surface area contributed by atoms with Crippen molar-refractivity contribution in [2.45, 2.75) is 26.8 Å². The molecule has 0 bridgehead atoms. The van der Waals surface area contributed by atoms with Crippen molar-refractivity contribution < 1.29 is 9.47 Å². The van der Waals surface area contributed by atoms with Gasteiger partial charge in [0.1, 0.15) is 0 Å². The zero-order valence-corrected chi connectivity index (χ0v) is 15.0. The molecule has 1 heterocycles. The maximum atomic E-state index is 5.67. The highest BCUT2D eigenvalue weighted by Crippen LogP contribution is 2.30. The molecule has 0 saturated heterocycles. The Morgan fingerprint density at radius 2 is 1.75 bits per heavy atom. The number of thiocarbonyl (C=S) groups is 1. The predicted molar refractivity (Wildman–Crippen MR) is 101 cm³/mol. The Hall–Kier alpha value is -2.34. The van der Waals surface area contributed by atoms with Crippen molar-refractivity contribution in [1.29, 1.82) is 0 Å². The van der Waals surface area contributed by atoms with Crippen LogP contribution in [0.25, 0.3) is 0 Å². The number of aromatic nitrogens is 1. The Balaban J connectivity index is 2.04. The molecular weight excluding hydrogens is 322 g/mol. The van der Waals surface area contributed by atoms with Crippen molar-refractivity contribution in [2.24, 2.45) is 0 Å². The van der Waals surface area contributed by atoms with E-state index in [-0.39, 0.29) is 6.04 Å². The average molecular weight is 345 g/mol. The smallest absolute Gasteiger partial charge is 0.171 e. The van der Waals surface area contributed by atoms with Crippen LogP contribution in [-0.4, -0.2) is 23.3 Å². The van der Waals surface area contributed by atoms with Gasteiger partial charge in [-0.15, -0.1) is 0 Å². The normalized spacial score (nSPS) is 11.5. The van der Waals surface area contributed by atoms with Crippen LogP contribution in [0.2, 0.25) is 0 Å². The van der Waals surface area contributed by atoms with Gasteiger partial charge in [0.25, 0.3) is 0 Å². The minimum Gasteiger partial charge on any atom is -0.490 e. The van der Waals surface area contributed by atoms with Gasteiger partial charge in [-0.25, -0.2) is 0 Å². The van der Waals surface area contributed by atoms with Crippen LogP contribution in [0.3, 0.4) is 0 Å². The minimum absolute atomic E-state index is 0.0294. The number of nitrogens with zero attached hydrogens (tertiary/aromatic N) is 1. The first-order valence-corrected chi connectivity index (χ1v) is 8.42. The summed E-state index contributed by atoms with van der Waals surface area (Å²) >= 11 is 5.37. The number of nitrogens with one attached hydrogen (secondary N) is 2. The van der Waals surface area contributed by atoms with Gasteiger partial charge in [0.15, 0.2) is 16.6 Å². The van der Waals surface area contributed by atoms with Gasteiger partial charge >= 0.3 is 0 Å². The van der Waals surface area contributed by atoms with Gasteiger partial charge in [0, 0.05) is 18.1 Å². The molecule has 24 heavy (non-hydrogen) atoms. The summed E-state index contributed by atoms with van der Waals surface area (Å²) in [5, 5.41) is 6.96. The SMILES string of the molecule is CCOc1ccc([C@H](C)NC(=S)Nc2ccncc2)cc1OCC. The Morgan fingerprint density at radius 1 is 1.08 bits per heavy atom. The molecule has 0 unspecified atom stereocenters. The third-order valence-electron chi connectivity index (χ3n) is 3.35. The number of pyridine rings is 1. The van der Waals surface area contributed by atoms with Crippen LogP contribution in [0.15, 0.2) is 42.7 Å². The monoisotopic (exact) mass is 345 g/mol. The third kappa shape index (κ3) is 5.09. The molecule has 2 aromatic rings.